The molecule has 0 saturated carbocycles. The Balaban J connectivity index is 1.47. The van der Waals surface area contributed by atoms with Gasteiger partial charge in [-0.1, -0.05) is 10.3 Å². The van der Waals surface area contributed by atoms with Crippen molar-refractivity contribution in [3.63, 3.8) is 0 Å². The standard InChI is InChI=1S/C15H24N6O3/c1-11(15-16-12(2)18-24-15)21-7-5-20(6-8-21)10-14-17-13(19-23-14)4-9-22-3/h11H,4-10H2,1-3H3/t11-/m1/s1. The maximum Gasteiger partial charge on any atom is 0.243 e. The predicted molar refractivity (Wildman–Crippen MR) is 84.2 cm³/mol. The van der Waals surface area contributed by atoms with Gasteiger partial charge in [-0.05, 0) is 13.8 Å². The highest BCUT2D eigenvalue weighted by Gasteiger charge is 2.26. The van der Waals surface area contributed by atoms with Crippen LogP contribution in [0.3, 0.4) is 0 Å². The molecule has 1 fully saturated rings. The summed E-state index contributed by atoms with van der Waals surface area (Å²) in [5.41, 5.74) is 0. The highest BCUT2D eigenvalue weighted by atomic mass is 16.5. The van der Waals surface area contributed by atoms with Crippen molar-refractivity contribution in [1.29, 1.82) is 0 Å². The zero-order chi connectivity index (χ0) is 16.9. The van der Waals surface area contributed by atoms with Crippen LogP contribution < -0.4 is 0 Å². The van der Waals surface area contributed by atoms with Crippen LogP contribution in [-0.4, -0.2) is 70.0 Å². The monoisotopic (exact) mass is 336 g/mol. The van der Waals surface area contributed by atoms with E-state index < -0.39 is 0 Å². The van der Waals surface area contributed by atoms with Crippen LogP contribution in [0, 0.1) is 6.92 Å². The van der Waals surface area contributed by atoms with Gasteiger partial charge in [0.05, 0.1) is 19.2 Å². The Bertz CT molecular complexity index is 635. The summed E-state index contributed by atoms with van der Waals surface area (Å²) in [6.07, 6.45) is 0.675. The van der Waals surface area contributed by atoms with Gasteiger partial charge in [-0.15, -0.1) is 0 Å². The number of nitrogens with zero attached hydrogens (tertiary/aromatic N) is 6. The van der Waals surface area contributed by atoms with E-state index in [4.69, 9.17) is 13.8 Å². The summed E-state index contributed by atoms with van der Waals surface area (Å²) >= 11 is 0. The molecule has 0 bridgehead atoms. The van der Waals surface area contributed by atoms with Crippen LogP contribution in [0.5, 0.6) is 0 Å². The van der Waals surface area contributed by atoms with Crippen molar-refractivity contribution in [3.8, 4) is 0 Å². The van der Waals surface area contributed by atoms with Crippen LogP contribution in [0.4, 0.5) is 0 Å². The van der Waals surface area contributed by atoms with E-state index >= 15 is 0 Å². The molecule has 0 amide bonds. The normalized spacial score (nSPS) is 18.1. The van der Waals surface area contributed by atoms with Gasteiger partial charge in [0.25, 0.3) is 0 Å². The molecule has 1 aliphatic heterocycles. The number of rotatable bonds is 7. The lowest BCUT2D eigenvalue weighted by molar-refractivity contribution is 0.0785. The summed E-state index contributed by atoms with van der Waals surface area (Å²) in [6.45, 7) is 8.97. The average Bonchev–Trinajstić information content (AvgIpc) is 3.22. The van der Waals surface area contributed by atoms with Crippen LogP contribution >= 0.6 is 0 Å². The molecule has 1 atom stereocenters. The van der Waals surface area contributed by atoms with E-state index in [1.165, 1.54) is 0 Å². The van der Waals surface area contributed by atoms with Gasteiger partial charge in [0.2, 0.25) is 11.8 Å². The Hall–Kier alpha value is -1.84. The molecule has 3 rings (SSSR count). The topological polar surface area (TPSA) is 93.6 Å². The molecule has 0 N–H and O–H groups in total. The molecule has 24 heavy (non-hydrogen) atoms. The van der Waals surface area contributed by atoms with Gasteiger partial charge >= 0.3 is 0 Å². The Morgan fingerprint density at radius 1 is 1.12 bits per heavy atom. The van der Waals surface area contributed by atoms with E-state index in [1.54, 1.807) is 7.11 Å². The van der Waals surface area contributed by atoms with Crippen molar-refractivity contribution in [1.82, 2.24) is 30.1 Å². The maximum atomic E-state index is 5.31. The number of hydrogen-bond donors (Lipinski definition) is 0. The van der Waals surface area contributed by atoms with E-state index in [9.17, 15) is 0 Å². The summed E-state index contributed by atoms with van der Waals surface area (Å²) in [5, 5.41) is 7.84. The predicted octanol–water partition coefficient (Wildman–Crippen LogP) is 0.829. The first-order valence-corrected chi connectivity index (χ1v) is 8.22. The second-order valence-corrected chi connectivity index (χ2v) is 6.02. The molecule has 9 nitrogen and oxygen atoms in total. The van der Waals surface area contributed by atoms with Crippen molar-refractivity contribution in [3.05, 3.63) is 23.4 Å². The van der Waals surface area contributed by atoms with E-state index in [-0.39, 0.29) is 6.04 Å². The van der Waals surface area contributed by atoms with Crippen LogP contribution in [-0.2, 0) is 17.7 Å². The zero-order valence-electron chi connectivity index (χ0n) is 14.4. The zero-order valence-corrected chi connectivity index (χ0v) is 14.4. The molecule has 2 aromatic heterocycles. The highest BCUT2D eigenvalue weighted by Crippen LogP contribution is 2.20. The van der Waals surface area contributed by atoms with Crippen LogP contribution in [0.25, 0.3) is 0 Å². The first-order chi connectivity index (χ1) is 11.7. The highest BCUT2D eigenvalue weighted by molar-refractivity contribution is 4.93. The summed E-state index contributed by atoms with van der Waals surface area (Å²) in [7, 11) is 1.66. The van der Waals surface area contributed by atoms with E-state index in [2.05, 4.69) is 37.0 Å². The van der Waals surface area contributed by atoms with Crippen LogP contribution in [0.1, 0.15) is 36.4 Å². The molecule has 0 aliphatic carbocycles. The third-order valence-corrected chi connectivity index (χ3v) is 4.25. The second-order valence-electron chi connectivity index (χ2n) is 6.02. The molecule has 3 heterocycles. The molecule has 132 valence electrons. The Morgan fingerprint density at radius 2 is 1.92 bits per heavy atom. The van der Waals surface area contributed by atoms with Crippen molar-refractivity contribution in [2.24, 2.45) is 0 Å². The molecular weight excluding hydrogens is 312 g/mol. The van der Waals surface area contributed by atoms with Crippen molar-refractivity contribution < 1.29 is 13.8 Å². The molecule has 0 unspecified atom stereocenters. The van der Waals surface area contributed by atoms with Gasteiger partial charge in [0.15, 0.2) is 11.6 Å². The van der Waals surface area contributed by atoms with Gasteiger partial charge in [0, 0.05) is 39.7 Å². The number of aromatic nitrogens is 4. The SMILES string of the molecule is COCCc1noc(CN2CCN([C@H](C)c3nc(C)no3)CC2)n1. The summed E-state index contributed by atoms with van der Waals surface area (Å²) < 4.78 is 15.6. The number of hydrogen-bond acceptors (Lipinski definition) is 9. The first kappa shape index (κ1) is 17.0. The molecule has 1 aliphatic rings. The van der Waals surface area contributed by atoms with Crippen molar-refractivity contribution >= 4 is 0 Å². The van der Waals surface area contributed by atoms with Gasteiger partial charge in [-0.25, -0.2) is 0 Å². The maximum absolute atomic E-state index is 5.31. The molecular formula is C15H24N6O3. The number of aryl methyl sites for hydroxylation is 1. The number of methoxy groups -OCH3 is 1. The molecule has 0 aromatic carbocycles. The fourth-order valence-electron chi connectivity index (χ4n) is 2.79. The third-order valence-electron chi connectivity index (χ3n) is 4.25. The molecule has 0 radical (unpaired) electrons. The number of ether oxygens (including phenoxy) is 1. The number of piperazine rings is 1. The Labute approximate surface area is 141 Å². The minimum atomic E-state index is 0.136. The lowest BCUT2D eigenvalue weighted by Gasteiger charge is -2.36. The molecule has 1 saturated heterocycles. The van der Waals surface area contributed by atoms with Gasteiger partial charge < -0.3 is 13.8 Å². The van der Waals surface area contributed by atoms with E-state index in [1.807, 2.05) is 6.92 Å². The third kappa shape index (κ3) is 4.16. The van der Waals surface area contributed by atoms with Crippen molar-refractivity contribution in [2.75, 3.05) is 39.9 Å². The molecule has 0 spiro atoms. The fraction of sp³-hybridized carbons (Fsp3) is 0.733. The largest absolute Gasteiger partial charge is 0.384 e. The van der Waals surface area contributed by atoms with E-state index in [0.717, 1.165) is 26.2 Å². The Kier molecular flexibility index (Phi) is 5.54. The van der Waals surface area contributed by atoms with Crippen LogP contribution in [0.2, 0.25) is 0 Å². The summed E-state index contributed by atoms with van der Waals surface area (Å²) in [4.78, 5) is 13.4. The summed E-state index contributed by atoms with van der Waals surface area (Å²) in [5.74, 6) is 2.72. The lowest BCUT2D eigenvalue weighted by atomic mass is 10.2. The van der Waals surface area contributed by atoms with Gasteiger partial charge in [0.1, 0.15) is 0 Å². The molecule has 2 aromatic rings. The van der Waals surface area contributed by atoms with Crippen molar-refractivity contribution in [2.45, 2.75) is 32.9 Å². The van der Waals surface area contributed by atoms with E-state index in [0.29, 0.717) is 43.0 Å². The van der Waals surface area contributed by atoms with Gasteiger partial charge in [-0.3, -0.25) is 9.80 Å². The fourth-order valence-corrected chi connectivity index (χ4v) is 2.79. The average molecular weight is 336 g/mol. The second kappa shape index (κ2) is 7.82. The van der Waals surface area contributed by atoms with Gasteiger partial charge in [-0.2, -0.15) is 9.97 Å². The minimum absolute atomic E-state index is 0.136. The molecule has 9 heteroatoms. The minimum Gasteiger partial charge on any atom is -0.384 e. The smallest absolute Gasteiger partial charge is 0.243 e. The Morgan fingerprint density at radius 3 is 2.58 bits per heavy atom. The van der Waals surface area contributed by atoms with Crippen LogP contribution in [0.15, 0.2) is 9.05 Å². The summed E-state index contributed by atoms with van der Waals surface area (Å²) in [6, 6.07) is 0.136. The first-order valence-electron chi connectivity index (χ1n) is 8.22. The quantitative estimate of drug-likeness (QED) is 0.728. The lowest BCUT2D eigenvalue weighted by Crippen LogP contribution is -2.46.